The fourth-order valence-corrected chi connectivity index (χ4v) is 2.16. The zero-order valence-corrected chi connectivity index (χ0v) is 8.76. The minimum atomic E-state index is 0.211. The van der Waals surface area contributed by atoms with Crippen molar-refractivity contribution in [2.75, 3.05) is 6.54 Å². The van der Waals surface area contributed by atoms with E-state index in [1.807, 2.05) is 16.9 Å². The van der Waals surface area contributed by atoms with Crippen LogP contribution in [0.5, 0.6) is 0 Å². The molecule has 0 aliphatic heterocycles. The number of rotatable bonds is 4. The lowest BCUT2D eigenvalue weighted by Gasteiger charge is -2.15. The van der Waals surface area contributed by atoms with Gasteiger partial charge in [-0.25, -0.2) is 0 Å². The Kier molecular flexibility index (Phi) is 3.36. The molecule has 1 aliphatic rings. The van der Waals surface area contributed by atoms with Crippen molar-refractivity contribution in [1.82, 2.24) is 15.1 Å². The molecule has 1 heterocycles. The molecule has 2 atom stereocenters. The number of aromatic nitrogens is 2. The molecule has 80 valence electrons. The molecule has 2 rings (SSSR count). The van der Waals surface area contributed by atoms with E-state index in [4.69, 9.17) is 5.26 Å². The fourth-order valence-electron chi connectivity index (χ4n) is 2.16. The summed E-state index contributed by atoms with van der Waals surface area (Å²) < 4.78 is 1.91. The van der Waals surface area contributed by atoms with Crippen LogP contribution in [0.3, 0.4) is 0 Å². The Bertz CT molecular complexity index is 325. The molecule has 0 spiro atoms. The zero-order valence-electron chi connectivity index (χ0n) is 8.76. The van der Waals surface area contributed by atoms with Gasteiger partial charge >= 0.3 is 0 Å². The third-order valence-corrected chi connectivity index (χ3v) is 2.99. The van der Waals surface area contributed by atoms with Crippen LogP contribution in [-0.4, -0.2) is 22.4 Å². The lowest BCUT2D eigenvalue weighted by atomic mass is 10.1. The molecular weight excluding hydrogens is 188 g/mol. The van der Waals surface area contributed by atoms with Crippen LogP contribution < -0.4 is 5.32 Å². The van der Waals surface area contributed by atoms with E-state index in [9.17, 15) is 0 Å². The summed E-state index contributed by atoms with van der Waals surface area (Å²) in [5.74, 6) is 0.211. The average molecular weight is 204 g/mol. The van der Waals surface area contributed by atoms with Crippen molar-refractivity contribution >= 4 is 0 Å². The normalized spacial score (nSPS) is 25.3. The van der Waals surface area contributed by atoms with Gasteiger partial charge in [-0.2, -0.15) is 10.4 Å². The third kappa shape index (κ3) is 2.57. The number of nitriles is 1. The van der Waals surface area contributed by atoms with Gasteiger partial charge in [0.1, 0.15) is 0 Å². The quantitative estimate of drug-likeness (QED) is 0.800. The van der Waals surface area contributed by atoms with Crippen molar-refractivity contribution in [1.29, 1.82) is 5.26 Å². The van der Waals surface area contributed by atoms with Gasteiger partial charge in [0, 0.05) is 25.0 Å². The first kappa shape index (κ1) is 10.2. The number of nitrogens with one attached hydrogen (secondary N) is 1. The molecule has 0 saturated heterocycles. The van der Waals surface area contributed by atoms with Crippen molar-refractivity contribution in [3.63, 3.8) is 0 Å². The van der Waals surface area contributed by atoms with Crippen molar-refractivity contribution in [2.45, 2.75) is 31.8 Å². The molecule has 0 amide bonds. The predicted octanol–water partition coefficient (Wildman–Crippen LogP) is 1.16. The number of nitrogens with zero attached hydrogens (tertiary/aromatic N) is 3. The maximum absolute atomic E-state index is 8.91. The van der Waals surface area contributed by atoms with Gasteiger partial charge in [0.05, 0.1) is 18.5 Å². The maximum Gasteiger partial charge on any atom is 0.0672 e. The molecule has 0 radical (unpaired) electrons. The third-order valence-electron chi connectivity index (χ3n) is 2.99. The first-order valence-electron chi connectivity index (χ1n) is 5.50. The van der Waals surface area contributed by atoms with E-state index in [0.29, 0.717) is 6.04 Å². The molecule has 15 heavy (non-hydrogen) atoms. The van der Waals surface area contributed by atoms with Gasteiger partial charge in [0.25, 0.3) is 0 Å². The Hall–Kier alpha value is -1.34. The summed E-state index contributed by atoms with van der Waals surface area (Å²) >= 11 is 0. The van der Waals surface area contributed by atoms with Crippen molar-refractivity contribution in [3.8, 4) is 6.07 Å². The van der Waals surface area contributed by atoms with Gasteiger partial charge in [0.2, 0.25) is 0 Å². The van der Waals surface area contributed by atoms with E-state index in [-0.39, 0.29) is 5.92 Å². The first-order chi connectivity index (χ1) is 7.40. The van der Waals surface area contributed by atoms with Gasteiger partial charge in [-0.15, -0.1) is 0 Å². The average Bonchev–Trinajstić information content (AvgIpc) is 2.88. The lowest BCUT2D eigenvalue weighted by Crippen LogP contribution is -2.34. The molecule has 4 nitrogen and oxygen atoms in total. The van der Waals surface area contributed by atoms with Crippen LogP contribution in [0.2, 0.25) is 0 Å². The summed E-state index contributed by atoms with van der Waals surface area (Å²) in [6.45, 7) is 1.77. The minimum Gasteiger partial charge on any atom is -0.311 e. The molecule has 1 saturated carbocycles. The van der Waals surface area contributed by atoms with Crippen LogP contribution in [-0.2, 0) is 6.54 Å². The van der Waals surface area contributed by atoms with Gasteiger partial charge in [-0.3, -0.25) is 4.68 Å². The first-order valence-corrected chi connectivity index (χ1v) is 5.50. The minimum absolute atomic E-state index is 0.211. The van der Waals surface area contributed by atoms with Crippen molar-refractivity contribution < 1.29 is 0 Å². The Morgan fingerprint density at radius 3 is 3.20 bits per heavy atom. The van der Waals surface area contributed by atoms with E-state index in [0.717, 1.165) is 25.9 Å². The van der Waals surface area contributed by atoms with Gasteiger partial charge < -0.3 is 5.32 Å². The predicted molar refractivity (Wildman–Crippen MR) is 57.0 cm³/mol. The molecule has 1 aliphatic carbocycles. The van der Waals surface area contributed by atoms with Gasteiger partial charge in [-0.1, -0.05) is 6.42 Å². The highest BCUT2D eigenvalue weighted by molar-refractivity contribution is 4.96. The molecule has 1 aromatic heterocycles. The van der Waals surface area contributed by atoms with Crippen molar-refractivity contribution in [3.05, 3.63) is 18.5 Å². The molecule has 1 aromatic rings. The van der Waals surface area contributed by atoms with Crippen LogP contribution >= 0.6 is 0 Å². The van der Waals surface area contributed by atoms with Gasteiger partial charge in [-0.05, 0) is 18.9 Å². The van der Waals surface area contributed by atoms with Crippen LogP contribution in [0.4, 0.5) is 0 Å². The molecule has 1 N–H and O–H groups in total. The van der Waals surface area contributed by atoms with Crippen LogP contribution in [0.15, 0.2) is 18.5 Å². The Morgan fingerprint density at radius 1 is 1.53 bits per heavy atom. The second-order valence-corrected chi connectivity index (χ2v) is 4.00. The summed E-state index contributed by atoms with van der Waals surface area (Å²) in [5.41, 5.74) is 0. The largest absolute Gasteiger partial charge is 0.311 e. The Morgan fingerprint density at radius 2 is 2.47 bits per heavy atom. The van der Waals surface area contributed by atoms with Crippen LogP contribution in [0.1, 0.15) is 19.3 Å². The second kappa shape index (κ2) is 4.94. The monoisotopic (exact) mass is 204 g/mol. The molecule has 2 unspecified atom stereocenters. The summed E-state index contributed by atoms with van der Waals surface area (Å²) in [6.07, 6.45) is 7.11. The topological polar surface area (TPSA) is 53.6 Å². The highest BCUT2D eigenvalue weighted by Gasteiger charge is 2.26. The van der Waals surface area contributed by atoms with Crippen molar-refractivity contribution in [2.24, 2.45) is 5.92 Å². The number of hydrogen-bond acceptors (Lipinski definition) is 3. The van der Waals surface area contributed by atoms with E-state index < -0.39 is 0 Å². The summed E-state index contributed by atoms with van der Waals surface area (Å²) in [5, 5.41) is 16.5. The summed E-state index contributed by atoms with van der Waals surface area (Å²) in [6, 6.07) is 4.69. The van der Waals surface area contributed by atoms with Crippen LogP contribution in [0, 0.1) is 17.2 Å². The maximum atomic E-state index is 8.91. The Balaban J connectivity index is 1.72. The van der Waals surface area contributed by atoms with Crippen LogP contribution in [0.25, 0.3) is 0 Å². The molecule has 0 aromatic carbocycles. The standard InChI is InChI=1S/C11H16N4/c12-9-10-3-1-4-11(10)13-6-8-15-7-2-5-14-15/h2,5,7,10-11,13H,1,3-4,6,8H2. The summed E-state index contributed by atoms with van der Waals surface area (Å²) in [4.78, 5) is 0. The fraction of sp³-hybridized carbons (Fsp3) is 0.636. The zero-order chi connectivity index (χ0) is 10.5. The summed E-state index contributed by atoms with van der Waals surface area (Å²) in [7, 11) is 0. The second-order valence-electron chi connectivity index (χ2n) is 4.00. The highest BCUT2D eigenvalue weighted by Crippen LogP contribution is 2.24. The number of hydrogen-bond donors (Lipinski definition) is 1. The smallest absolute Gasteiger partial charge is 0.0672 e. The Labute approximate surface area is 89.9 Å². The molecular formula is C11H16N4. The van der Waals surface area contributed by atoms with E-state index in [1.54, 1.807) is 6.20 Å². The molecule has 0 bridgehead atoms. The molecule has 4 heteroatoms. The highest BCUT2D eigenvalue weighted by atomic mass is 15.3. The van der Waals surface area contributed by atoms with E-state index in [2.05, 4.69) is 16.5 Å². The lowest BCUT2D eigenvalue weighted by molar-refractivity contribution is 0.440. The van der Waals surface area contributed by atoms with Gasteiger partial charge in [0.15, 0.2) is 0 Å². The SMILES string of the molecule is N#CC1CCCC1NCCn1cccn1. The molecule has 1 fully saturated rings. The van der Waals surface area contributed by atoms with E-state index in [1.165, 1.54) is 6.42 Å². The van der Waals surface area contributed by atoms with E-state index >= 15 is 0 Å².